The van der Waals surface area contributed by atoms with Crippen molar-refractivity contribution in [3.05, 3.63) is 0 Å². The summed E-state index contributed by atoms with van der Waals surface area (Å²) >= 11 is 0. The number of piperazine rings is 1. The van der Waals surface area contributed by atoms with E-state index in [1.807, 2.05) is 13.8 Å². The van der Waals surface area contributed by atoms with Crippen molar-refractivity contribution in [2.45, 2.75) is 45.2 Å². The zero-order valence-corrected chi connectivity index (χ0v) is 9.83. The Bertz CT molecular complexity index is 271. The fourth-order valence-electron chi connectivity index (χ4n) is 2.00. The highest BCUT2D eigenvalue weighted by atomic mass is 19.1. The molecule has 16 heavy (non-hydrogen) atoms. The molecule has 0 aromatic rings. The van der Waals surface area contributed by atoms with E-state index in [1.165, 1.54) is 4.90 Å². The van der Waals surface area contributed by atoms with E-state index in [1.54, 1.807) is 0 Å². The first-order chi connectivity index (χ1) is 7.65. The summed E-state index contributed by atoms with van der Waals surface area (Å²) in [6.45, 7) is 3.57. The molecule has 2 amide bonds. The maximum absolute atomic E-state index is 12.1. The number of halogens is 1. The molecule has 1 saturated heterocycles. The molecule has 4 nitrogen and oxygen atoms in total. The number of alkyl halides is 1. The number of hydrogen-bond donors (Lipinski definition) is 1. The molecule has 1 heterocycles. The average Bonchev–Trinajstić information content (AvgIpc) is 2.29. The third kappa shape index (κ3) is 2.51. The normalized spacial score (nSPS) is 25.8. The zero-order chi connectivity index (χ0) is 12.1. The van der Waals surface area contributed by atoms with Crippen LogP contribution in [-0.4, -0.2) is 42.0 Å². The number of carbonyl (C=O) groups excluding carboxylic acids is 2. The van der Waals surface area contributed by atoms with Crippen LogP contribution in [0, 0.1) is 0 Å². The van der Waals surface area contributed by atoms with Gasteiger partial charge in [-0.15, -0.1) is 0 Å². The predicted octanol–water partition coefficient (Wildman–Crippen LogP) is 0.862. The van der Waals surface area contributed by atoms with Gasteiger partial charge in [0.25, 0.3) is 0 Å². The lowest BCUT2D eigenvalue weighted by Gasteiger charge is -2.38. The van der Waals surface area contributed by atoms with Gasteiger partial charge in [0.05, 0.1) is 6.67 Å². The van der Waals surface area contributed by atoms with Gasteiger partial charge in [0.1, 0.15) is 12.1 Å². The van der Waals surface area contributed by atoms with E-state index in [-0.39, 0.29) is 11.8 Å². The third-order valence-electron chi connectivity index (χ3n) is 2.90. The smallest absolute Gasteiger partial charge is 0.245 e. The van der Waals surface area contributed by atoms with Crippen LogP contribution in [0.2, 0.25) is 0 Å². The molecule has 1 rings (SSSR count). The van der Waals surface area contributed by atoms with Gasteiger partial charge < -0.3 is 10.2 Å². The molecule has 5 heteroatoms. The topological polar surface area (TPSA) is 49.4 Å². The van der Waals surface area contributed by atoms with Gasteiger partial charge in [0, 0.05) is 6.54 Å². The van der Waals surface area contributed by atoms with E-state index in [4.69, 9.17) is 0 Å². The molecule has 1 aliphatic heterocycles. The van der Waals surface area contributed by atoms with Crippen LogP contribution in [0.25, 0.3) is 0 Å². The Morgan fingerprint density at radius 2 is 2.00 bits per heavy atom. The Morgan fingerprint density at radius 3 is 2.50 bits per heavy atom. The summed E-state index contributed by atoms with van der Waals surface area (Å²) in [6.07, 6.45) is 1.44. The monoisotopic (exact) mass is 230 g/mol. The third-order valence-corrected chi connectivity index (χ3v) is 2.90. The molecule has 0 aromatic carbocycles. The fourth-order valence-corrected chi connectivity index (χ4v) is 2.00. The SMILES string of the molecule is CCC1NC(=O)C(CC)N(CCCF)C1=O. The minimum Gasteiger partial charge on any atom is -0.343 e. The van der Waals surface area contributed by atoms with Gasteiger partial charge in [-0.1, -0.05) is 13.8 Å². The maximum Gasteiger partial charge on any atom is 0.245 e. The van der Waals surface area contributed by atoms with Crippen molar-refractivity contribution in [1.82, 2.24) is 10.2 Å². The Balaban J connectivity index is 2.78. The zero-order valence-electron chi connectivity index (χ0n) is 9.83. The van der Waals surface area contributed by atoms with Crippen LogP contribution in [-0.2, 0) is 9.59 Å². The van der Waals surface area contributed by atoms with E-state index in [2.05, 4.69) is 5.32 Å². The van der Waals surface area contributed by atoms with Gasteiger partial charge in [-0.3, -0.25) is 14.0 Å². The minimum absolute atomic E-state index is 0.0811. The molecule has 1 fully saturated rings. The summed E-state index contributed by atoms with van der Waals surface area (Å²) in [6, 6.07) is -0.864. The molecule has 0 saturated carbocycles. The second kappa shape index (κ2) is 5.82. The van der Waals surface area contributed by atoms with Crippen LogP contribution in [0.15, 0.2) is 0 Å². The van der Waals surface area contributed by atoms with E-state index in [0.29, 0.717) is 25.8 Å². The van der Waals surface area contributed by atoms with E-state index < -0.39 is 18.8 Å². The number of nitrogens with zero attached hydrogens (tertiary/aromatic N) is 1. The van der Waals surface area contributed by atoms with Crippen LogP contribution < -0.4 is 5.32 Å². The lowest BCUT2D eigenvalue weighted by atomic mass is 10.0. The quantitative estimate of drug-likeness (QED) is 0.761. The second-order valence-electron chi connectivity index (χ2n) is 3.97. The van der Waals surface area contributed by atoms with Crippen molar-refractivity contribution in [3.8, 4) is 0 Å². The van der Waals surface area contributed by atoms with Gasteiger partial charge in [0.15, 0.2) is 0 Å². The van der Waals surface area contributed by atoms with Crippen molar-refractivity contribution in [2.75, 3.05) is 13.2 Å². The molecule has 0 aromatic heterocycles. The van der Waals surface area contributed by atoms with Crippen molar-refractivity contribution in [1.29, 1.82) is 0 Å². The Kier molecular flexibility index (Phi) is 4.71. The summed E-state index contributed by atoms with van der Waals surface area (Å²) in [5.41, 5.74) is 0. The van der Waals surface area contributed by atoms with Gasteiger partial charge in [0.2, 0.25) is 11.8 Å². The minimum atomic E-state index is -0.460. The van der Waals surface area contributed by atoms with Crippen LogP contribution in [0.5, 0.6) is 0 Å². The summed E-state index contributed by atoms with van der Waals surface area (Å²) in [7, 11) is 0. The highest BCUT2D eigenvalue weighted by molar-refractivity contribution is 5.96. The van der Waals surface area contributed by atoms with Crippen molar-refractivity contribution >= 4 is 11.8 Å². The molecule has 2 atom stereocenters. The van der Waals surface area contributed by atoms with Crippen molar-refractivity contribution in [3.63, 3.8) is 0 Å². The van der Waals surface area contributed by atoms with Crippen LogP contribution in [0.3, 0.4) is 0 Å². The number of rotatable bonds is 5. The van der Waals surface area contributed by atoms with E-state index >= 15 is 0 Å². The first-order valence-corrected chi connectivity index (χ1v) is 5.82. The van der Waals surface area contributed by atoms with Gasteiger partial charge in [-0.05, 0) is 19.3 Å². The van der Waals surface area contributed by atoms with E-state index in [0.717, 1.165) is 0 Å². The summed E-state index contributed by atoms with van der Waals surface area (Å²) < 4.78 is 12.1. The highest BCUT2D eigenvalue weighted by Crippen LogP contribution is 2.15. The lowest BCUT2D eigenvalue weighted by Crippen LogP contribution is -2.63. The summed E-state index contributed by atoms with van der Waals surface area (Å²) in [5, 5.41) is 2.70. The predicted molar refractivity (Wildman–Crippen MR) is 58.6 cm³/mol. The molecule has 0 spiro atoms. The molecular formula is C11H19FN2O2. The van der Waals surface area contributed by atoms with Crippen molar-refractivity contribution < 1.29 is 14.0 Å². The van der Waals surface area contributed by atoms with Gasteiger partial charge in [-0.2, -0.15) is 0 Å². The standard InChI is InChI=1S/C11H19FN2O2/c1-3-8-11(16)14(7-5-6-12)9(4-2)10(15)13-8/h8-9H,3-7H2,1-2H3,(H,13,15). The first-order valence-electron chi connectivity index (χ1n) is 5.82. The molecule has 92 valence electrons. The number of amides is 2. The highest BCUT2D eigenvalue weighted by Gasteiger charge is 2.38. The maximum atomic E-state index is 12.1. The molecule has 2 unspecified atom stereocenters. The molecule has 0 bridgehead atoms. The van der Waals surface area contributed by atoms with Crippen LogP contribution in [0.4, 0.5) is 4.39 Å². The number of nitrogens with one attached hydrogen (secondary N) is 1. The van der Waals surface area contributed by atoms with Crippen molar-refractivity contribution in [2.24, 2.45) is 0 Å². The fraction of sp³-hybridized carbons (Fsp3) is 0.818. The molecule has 0 aliphatic carbocycles. The number of carbonyl (C=O) groups is 2. The molecular weight excluding hydrogens is 211 g/mol. The summed E-state index contributed by atoms with van der Waals surface area (Å²) in [4.78, 5) is 25.2. The summed E-state index contributed by atoms with van der Waals surface area (Å²) in [5.74, 6) is -0.199. The average molecular weight is 230 g/mol. The largest absolute Gasteiger partial charge is 0.343 e. The molecule has 0 radical (unpaired) electrons. The molecule has 1 N–H and O–H groups in total. The first kappa shape index (κ1) is 12.9. The van der Waals surface area contributed by atoms with Crippen LogP contribution >= 0.6 is 0 Å². The van der Waals surface area contributed by atoms with Crippen LogP contribution in [0.1, 0.15) is 33.1 Å². The Morgan fingerprint density at radius 1 is 1.31 bits per heavy atom. The van der Waals surface area contributed by atoms with E-state index in [9.17, 15) is 14.0 Å². The Hall–Kier alpha value is -1.13. The Labute approximate surface area is 95.2 Å². The molecule has 1 aliphatic rings. The van der Waals surface area contributed by atoms with Gasteiger partial charge >= 0.3 is 0 Å². The lowest BCUT2D eigenvalue weighted by molar-refractivity contribution is -0.149. The number of hydrogen-bond acceptors (Lipinski definition) is 2. The van der Waals surface area contributed by atoms with Gasteiger partial charge in [-0.25, -0.2) is 0 Å². The second-order valence-corrected chi connectivity index (χ2v) is 3.97.